The van der Waals surface area contributed by atoms with Crippen molar-refractivity contribution in [3.05, 3.63) is 28.5 Å². The van der Waals surface area contributed by atoms with Gasteiger partial charge in [-0.3, -0.25) is 4.79 Å². The molecule has 5 nitrogen and oxygen atoms in total. The highest BCUT2D eigenvalue weighted by molar-refractivity contribution is 9.10. The minimum Gasteiger partial charge on any atom is -0.373 e. The highest BCUT2D eigenvalue weighted by Crippen LogP contribution is 2.17. The molecule has 0 spiro atoms. The van der Waals surface area contributed by atoms with E-state index in [4.69, 9.17) is 10.5 Å². The van der Waals surface area contributed by atoms with E-state index in [9.17, 15) is 4.79 Å². The molecule has 0 aromatic carbocycles. The van der Waals surface area contributed by atoms with Gasteiger partial charge in [-0.25, -0.2) is 4.98 Å². The van der Waals surface area contributed by atoms with E-state index >= 15 is 0 Å². The third-order valence-corrected chi connectivity index (χ3v) is 3.57. The monoisotopic (exact) mass is 313 g/mol. The van der Waals surface area contributed by atoms with Gasteiger partial charge < -0.3 is 15.4 Å². The van der Waals surface area contributed by atoms with Crippen LogP contribution in [0.1, 0.15) is 17.4 Å². The molecule has 0 aliphatic carbocycles. The van der Waals surface area contributed by atoms with Gasteiger partial charge in [-0.05, 0) is 35.0 Å². The van der Waals surface area contributed by atoms with Crippen LogP contribution in [-0.4, -0.2) is 47.6 Å². The maximum absolute atomic E-state index is 12.3. The second-order valence-electron chi connectivity index (χ2n) is 4.35. The second kappa shape index (κ2) is 5.77. The largest absolute Gasteiger partial charge is 0.373 e. The Morgan fingerprint density at radius 1 is 1.72 bits per heavy atom. The smallest absolute Gasteiger partial charge is 0.273 e. The Balaban J connectivity index is 2.12. The van der Waals surface area contributed by atoms with Gasteiger partial charge in [0, 0.05) is 29.8 Å². The van der Waals surface area contributed by atoms with E-state index < -0.39 is 0 Å². The Kier molecular flexibility index (Phi) is 4.31. The summed E-state index contributed by atoms with van der Waals surface area (Å²) in [6, 6.07) is 3.50. The molecule has 1 aliphatic rings. The summed E-state index contributed by atoms with van der Waals surface area (Å²) in [4.78, 5) is 18.2. The molecule has 2 atom stereocenters. The number of ether oxygens (including phenoxy) is 1. The van der Waals surface area contributed by atoms with Crippen LogP contribution in [-0.2, 0) is 4.74 Å². The first-order valence-electron chi connectivity index (χ1n) is 5.86. The quantitative estimate of drug-likeness (QED) is 0.885. The van der Waals surface area contributed by atoms with Gasteiger partial charge >= 0.3 is 0 Å². The zero-order valence-corrected chi connectivity index (χ0v) is 11.8. The normalized spacial score (nSPS) is 21.7. The van der Waals surface area contributed by atoms with Crippen LogP contribution in [0.15, 0.2) is 22.8 Å². The fraction of sp³-hybridized carbons (Fsp3) is 0.500. The Morgan fingerprint density at radius 3 is 3.17 bits per heavy atom. The zero-order valence-electron chi connectivity index (χ0n) is 10.2. The summed E-state index contributed by atoms with van der Waals surface area (Å²) in [5.41, 5.74) is 6.24. The number of aromatic nitrogens is 1. The van der Waals surface area contributed by atoms with Gasteiger partial charge in [-0.15, -0.1) is 0 Å². The van der Waals surface area contributed by atoms with E-state index in [1.54, 1.807) is 17.2 Å². The van der Waals surface area contributed by atoms with Crippen LogP contribution in [0.25, 0.3) is 0 Å². The van der Waals surface area contributed by atoms with E-state index in [-0.39, 0.29) is 18.1 Å². The highest BCUT2D eigenvalue weighted by Gasteiger charge is 2.28. The van der Waals surface area contributed by atoms with E-state index in [2.05, 4.69) is 20.9 Å². The maximum atomic E-state index is 12.3. The lowest BCUT2D eigenvalue weighted by molar-refractivity contribution is -0.0302. The Morgan fingerprint density at radius 2 is 2.50 bits per heavy atom. The fourth-order valence-electron chi connectivity index (χ4n) is 1.87. The van der Waals surface area contributed by atoms with Gasteiger partial charge in [0.05, 0.1) is 12.7 Å². The third-order valence-electron chi connectivity index (χ3n) is 2.93. The molecule has 0 radical (unpaired) electrons. The fourth-order valence-corrected chi connectivity index (χ4v) is 2.30. The number of hydrogen-bond acceptors (Lipinski definition) is 4. The van der Waals surface area contributed by atoms with E-state index in [1.165, 1.54) is 0 Å². The van der Waals surface area contributed by atoms with Gasteiger partial charge in [0.2, 0.25) is 0 Å². The summed E-state index contributed by atoms with van der Waals surface area (Å²) < 4.78 is 6.24. The van der Waals surface area contributed by atoms with E-state index in [0.717, 1.165) is 0 Å². The minimum absolute atomic E-state index is 0.0866. The number of halogens is 1. The molecule has 1 amide bonds. The number of carbonyl (C=O) groups is 1. The highest BCUT2D eigenvalue weighted by atomic mass is 79.9. The molecule has 1 aliphatic heterocycles. The van der Waals surface area contributed by atoms with Crippen molar-refractivity contribution in [2.45, 2.75) is 19.1 Å². The summed E-state index contributed by atoms with van der Waals surface area (Å²) >= 11 is 3.34. The molecule has 1 aromatic heterocycles. The van der Waals surface area contributed by atoms with Crippen molar-refractivity contribution >= 4 is 21.8 Å². The summed E-state index contributed by atoms with van der Waals surface area (Å²) in [5.74, 6) is -0.0866. The number of morpholine rings is 1. The molecule has 1 aromatic rings. The number of rotatable bonds is 2. The van der Waals surface area contributed by atoms with Crippen molar-refractivity contribution in [2.75, 3.05) is 19.7 Å². The van der Waals surface area contributed by atoms with Crippen molar-refractivity contribution in [1.29, 1.82) is 0 Å². The topological polar surface area (TPSA) is 68.5 Å². The zero-order chi connectivity index (χ0) is 13.1. The van der Waals surface area contributed by atoms with Gasteiger partial charge in [0.25, 0.3) is 5.91 Å². The van der Waals surface area contributed by atoms with Crippen LogP contribution in [0.4, 0.5) is 0 Å². The molecule has 0 bridgehead atoms. The van der Waals surface area contributed by atoms with Crippen molar-refractivity contribution in [3.8, 4) is 0 Å². The van der Waals surface area contributed by atoms with Crippen molar-refractivity contribution in [2.24, 2.45) is 5.73 Å². The van der Waals surface area contributed by atoms with Gasteiger partial charge in [0.15, 0.2) is 0 Å². The number of nitrogens with two attached hydrogens (primary N) is 1. The van der Waals surface area contributed by atoms with Crippen LogP contribution in [0, 0.1) is 0 Å². The first-order valence-corrected chi connectivity index (χ1v) is 6.66. The number of nitrogens with zero attached hydrogens (tertiary/aromatic N) is 2. The molecule has 1 saturated heterocycles. The average molecular weight is 314 g/mol. The van der Waals surface area contributed by atoms with Crippen molar-refractivity contribution in [1.82, 2.24) is 9.88 Å². The lowest BCUT2D eigenvalue weighted by Gasteiger charge is -2.34. The van der Waals surface area contributed by atoms with Crippen molar-refractivity contribution < 1.29 is 9.53 Å². The standard InChI is InChI=1S/C12H16BrN3O2/c1-8(14)10-7-16(5-6-18-10)12(17)11-9(13)3-2-4-15-11/h2-4,8,10H,5-7,14H2,1H3. The van der Waals surface area contributed by atoms with Crippen molar-refractivity contribution in [3.63, 3.8) is 0 Å². The number of carbonyl (C=O) groups excluding carboxylic acids is 1. The number of hydrogen-bond donors (Lipinski definition) is 1. The first kappa shape index (κ1) is 13.5. The molecule has 2 rings (SSSR count). The Bertz CT molecular complexity index is 439. The average Bonchev–Trinajstić information content (AvgIpc) is 2.38. The first-order chi connectivity index (χ1) is 8.59. The molecule has 18 heavy (non-hydrogen) atoms. The molecule has 2 N–H and O–H groups in total. The Labute approximate surface area is 114 Å². The van der Waals surface area contributed by atoms with Crippen LogP contribution in [0.5, 0.6) is 0 Å². The molecule has 2 unspecified atom stereocenters. The van der Waals surface area contributed by atoms with Crippen LogP contribution in [0.2, 0.25) is 0 Å². The van der Waals surface area contributed by atoms with Gasteiger partial charge in [-0.2, -0.15) is 0 Å². The van der Waals surface area contributed by atoms with E-state index in [1.807, 2.05) is 13.0 Å². The molecule has 98 valence electrons. The number of amides is 1. The molecule has 1 fully saturated rings. The predicted molar refractivity (Wildman–Crippen MR) is 71.2 cm³/mol. The summed E-state index contributed by atoms with van der Waals surface area (Å²) in [7, 11) is 0. The number of pyridine rings is 1. The van der Waals surface area contributed by atoms with Gasteiger partial charge in [0.1, 0.15) is 5.69 Å². The summed E-state index contributed by atoms with van der Waals surface area (Å²) in [6.45, 7) is 3.49. The third kappa shape index (κ3) is 2.88. The molecule has 6 heteroatoms. The SMILES string of the molecule is CC(N)C1CN(C(=O)c2ncccc2Br)CCO1. The lowest BCUT2D eigenvalue weighted by atomic mass is 10.1. The minimum atomic E-state index is -0.106. The van der Waals surface area contributed by atoms with Crippen LogP contribution in [0.3, 0.4) is 0 Å². The molecule has 2 heterocycles. The lowest BCUT2D eigenvalue weighted by Crippen LogP contribution is -2.51. The van der Waals surface area contributed by atoms with Crippen LogP contribution < -0.4 is 5.73 Å². The van der Waals surface area contributed by atoms with Crippen LogP contribution >= 0.6 is 15.9 Å². The summed E-state index contributed by atoms with van der Waals surface area (Å²) in [6.07, 6.45) is 1.51. The summed E-state index contributed by atoms with van der Waals surface area (Å²) in [5, 5.41) is 0. The molecular formula is C12H16BrN3O2. The van der Waals surface area contributed by atoms with E-state index in [0.29, 0.717) is 29.9 Å². The molecule has 0 saturated carbocycles. The second-order valence-corrected chi connectivity index (χ2v) is 5.21. The predicted octanol–water partition coefficient (Wildman–Crippen LogP) is 1.03. The molecular weight excluding hydrogens is 298 g/mol. The maximum Gasteiger partial charge on any atom is 0.273 e. The Hall–Kier alpha value is -0.980. The van der Waals surface area contributed by atoms with Gasteiger partial charge in [-0.1, -0.05) is 0 Å².